The summed E-state index contributed by atoms with van der Waals surface area (Å²) < 4.78 is 4.95. The summed E-state index contributed by atoms with van der Waals surface area (Å²) in [6.07, 6.45) is 8.57. The van der Waals surface area contributed by atoms with Crippen molar-refractivity contribution in [3.05, 3.63) is 11.6 Å². The normalized spacial score (nSPS) is 19.8. The summed E-state index contributed by atoms with van der Waals surface area (Å²) in [5, 5.41) is 8.79. The van der Waals surface area contributed by atoms with Gasteiger partial charge < -0.3 is 4.74 Å². The minimum Gasteiger partial charge on any atom is -0.379 e. The highest BCUT2D eigenvalue weighted by Gasteiger charge is 2.11. The molecule has 0 amide bonds. The summed E-state index contributed by atoms with van der Waals surface area (Å²) in [5.74, 6) is 0.624. The number of nitrogens with zero attached hydrogens (tertiary/aromatic N) is 1. The van der Waals surface area contributed by atoms with E-state index in [4.69, 9.17) is 10.00 Å². The van der Waals surface area contributed by atoms with Crippen molar-refractivity contribution in [3.8, 4) is 6.07 Å². The number of hydrogen-bond acceptors (Lipinski definition) is 2. The van der Waals surface area contributed by atoms with Gasteiger partial charge in [0.25, 0.3) is 0 Å². The average Bonchev–Trinajstić information content (AvgIpc) is 2.19. The molecular weight excluding hydrogens is 162 g/mol. The van der Waals surface area contributed by atoms with Crippen LogP contribution in [0.1, 0.15) is 32.1 Å². The molecule has 2 heteroatoms. The fourth-order valence-corrected chi connectivity index (χ4v) is 1.86. The van der Waals surface area contributed by atoms with Gasteiger partial charge in [-0.25, -0.2) is 0 Å². The number of rotatable bonds is 3. The van der Waals surface area contributed by atoms with E-state index in [0.717, 1.165) is 5.57 Å². The molecular formula is C11H17NO. The van der Waals surface area contributed by atoms with Crippen LogP contribution in [-0.4, -0.2) is 13.7 Å². The van der Waals surface area contributed by atoms with Crippen LogP contribution in [0.15, 0.2) is 11.6 Å². The van der Waals surface area contributed by atoms with Crippen molar-refractivity contribution >= 4 is 0 Å². The second kappa shape index (κ2) is 5.77. The third kappa shape index (κ3) is 3.61. The van der Waals surface area contributed by atoms with Gasteiger partial charge in [0.2, 0.25) is 0 Å². The van der Waals surface area contributed by atoms with Gasteiger partial charge in [0.05, 0.1) is 18.2 Å². The first-order chi connectivity index (χ1) is 6.36. The Bertz CT molecular complexity index is 209. The number of ether oxygens (including phenoxy) is 1. The van der Waals surface area contributed by atoms with Crippen LogP contribution in [-0.2, 0) is 4.74 Å². The largest absolute Gasteiger partial charge is 0.379 e. The van der Waals surface area contributed by atoms with Gasteiger partial charge in [-0.2, -0.15) is 5.26 Å². The molecule has 13 heavy (non-hydrogen) atoms. The molecule has 2 nitrogen and oxygen atoms in total. The van der Waals surface area contributed by atoms with Crippen molar-refractivity contribution in [1.29, 1.82) is 5.26 Å². The predicted molar refractivity (Wildman–Crippen MR) is 52.1 cm³/mol. The van der Waals surface area contributed by atoms with Crippen LogP contribution in [0.4, 0.5) is 0 Å². The SMILES string of the molecule is COCC(C#N)=CC1CCCCC1. The van der Waals surface area contributed by atoms with Gasteiger partial charge in [0.1, 0.15) is 0 Å². The van der Waals surface area contributed by atoms with Gasteiger partial charge in [-0.15, -0.1) is 0 Å². The van der Waals surface area contributed by atoms with Gasteiger partial charge >= 0.3 is 0 Å². The summed E-state index contributed by atoms with van der Waals surface area (Å²) in [4.78, 5) is 0. The predicted octanol–water partition coefficient (Wildman–Crippen LogP) is 2.66. The molecule has 1 aliphatic rings. The van der Waals surface area contributed by atoms with E-state index in [1.807, 2.05) is 0 Å². The maximum atomic E-state index is 8.79. The van der Waals surface area contributed by atoms with E-state index in [9.17, 15) is 0 Å². The molecule has 0 aromatic heterocycles. The molecule has 0 aromatic rings. The third-order valence-corrected chi connectivity index (χ3v) is 2.53. The smallest absolute Gasteiger partial charge is 0.0968 e. The van der Waals surface area contributed by atoms with Crippen LogP contribution in [0.5, 0.6) is 0 Å². The molecule has 1 saturated carbocycles. The fraction of sp³-hybridized carbons (Fsp3) is 0.727. The zero-order valence-electron chi connectivity index (χ0n) is 8.25. The lowest BCUT2D eigenvalue weighted by molar-refractivity contribution is 0.228. The molecule has 72 valence electrons. The molecule has 0 bridgehead atoms. The first-order valence-electron chi connectivity index (χ1n) is 4.96. The second-order valence-electron chi connectivity index (χ2n) is 3.63. The van der Waals surface area contributed by atoms with Gasteiger partial charge in [-0.1, -0.05) is 25.3 Å². The minimum atomic E-state index is 0.465. The Kier molecular flexibility index (Phi) is 4.56. The minimum absolute atomic E-state index is 0.465. The van der Waals surface area contributed by atoms with E-state index in [1.54, 1.807) is 7.11 Å². The van der Waals surface area contributed by atoms with Crippen molar-refractivity contribution in [1.82, 2.24) is 0 Å². The summed E-state index contributed by atoms with van der Waals surface area (Å²) in [5.41, 5.74) is 0.786. The summed E-state index contributed by atoms with van der Waals surface area (Å²) in [6.45, 7) is 0.465. The molecule has 1 aliphatic carbocycles. The Morgan fingerprint density at radius 3 is 2.69 bits per heavy atom. The van der Waals surface area contributed by atoms with Crippen LogP contribution >= 0.6 is 0 Å². The maximum absolute atomic E-state index is 8.79. The molecule has 0 N–H and O–H groups in total. The Morgan fingerprint density at radius 2 is 2.15 bits per heavy atom. The van der Waals surface area contributed by atoms with Gasteiger partial charge in [-0.3, -0.25) is 0 Å². The van der Waals surface area contributed by atoms with Crippen molar-refractivity contribution in [2.75, 3.05) is 13.7 Å². The van der Waals surface area contributed by atoms with Crippen molar-refractivity contribution in [2.24, 2.45) is 5.92 Å². The lowest BCUT2D eigenvalue weighted by atomic mass is 9.88. The second-order valence-corrected chi connectivity index (χ2v) is 3.63. The lowest BCUT2D eigenvalue weighted by Crippen LogP contribution is -2.05. The van der Waals surface area contributed by atoms with E-state index < -0.39 is 0 Å². The van der Waals surface area contributed by atoms with Crippen LogP contribution in [0.2, 0.25) is 0 Å². The molecule has 0 aliphatic heterocycles. The topological polar surface area (TPSA) is 33.0 Å². The number of methoxy groups -OCH3 is 1. The van der Waals surface area contributed by atoms with Crippen molar-refractivity contribution in [2.45, 2.75) is 32.1 Å². The van der Waals surface area contributed by atoms with Gasteiger partial charge in [0.15, 0.2) is 0 Å². The molecule has 0 radical (unpaired) electrons. The van der Waals surface area contributed by atoms with Crippen molar-refractivity contribution < 1.29 is 4.74 Å². The molecule has 0 saturated heterocycles. The fourth-order valence-electron chi connectivity index (χ4n) is 1.86. The van der Waals surface area contributed by atoms with Crippen LogP contribution in [0.3, 0.4) is 0 Å². The van der Waals surface area contributed by atoms with E-state index >= 15 is 0 Å². The summed E-state index contributed by atoms with van der Waals surface area (Å²) >= 11 is 0. The molecule has 0 aromatic carbocycles. The van der Waals surface area contributed by atoms with Crippen molar-refractivity contribution in [3.63, 3.8) is 0 Å². The van der Waals surface area contributed by atoms with Crippen LogP contribution in [0, 0.1) is 17.2 Å². The van der Waals surface area contributed by atoms with Crippen LogP contribution in [0.25, 0.3) is 0 Å². The number of allylic oxidation sites excluding steroid dienone is 1. The first-order valence-corrected chi connectivity index (χ1v) is 4.96. The van der Waals surface area contributed by atoms with E-state index in [-0.39, 0.29) is 0 Å². The third-order valence-electron chi connectivity index (χ3n) is 2.53. The standard InChI is InChI=1S/C11H17NO/c1-13-9-11(8-12)7-10-5-3-2-4-6-10/h7,10H,2-6,9H2,1H3. The zero-order valence-corrected chi connectivity index (χ0v) is 8.25. The molecule has 0 heterocycles. The highest BCUT2D eigenvalue weighted by atomic mass is 16.5. The van der Waals surface area contributed by atoms with Gasteiger partial charge in [-0.05, 0) is 18.8 Å². The molecule has 1 rings (SSSR count). The number of hydrogen-bond donors (Lipinski definition) is 0. The Labute approximate surface area is 80.2 Å². The van der Waals surface area contributed by atoms with Crippen LogP contribution < -0.4 is 0 Å². The highest BCUT2D eigenvalue weighted by molar-refractivity contribution is 5.22. The quantitative estimate of drug-likeness (QED) is 0.624. The number of nitriles is 1. The Hall–Kier alpha value is -0.810. The Balaban J connectivity index is 2.45. The van der Waals surface area contributed by atoms with E-state index in [0.29, 0.717) is 12.5 Å². The molecule has 1 fully saturated rings. The summed E-state index contributed by atoms with van der Waals surface area (Å²) in [7, 11) is 1.63. The van der Waals surface area contributed by atoms with E-state index in [1.165, 1.54) is 32.1 Å². The van der Waals surface area contributed by atoms with E-state index in [2.05, 4.69) is 12.1 Å². The molecule has 0 atom stereocenters. The highest BCUT2D eigenvalue weighted by Crippen LogP contribution is 2.25. The molecule has 0 unspecified atom stereocenters. The average molecular weight is 179 g/mol. The first kappa shape index (κ1) is 10.3. The Morgan fingerprint density at radius 1 is 1.46 bits per heavy atom. The zero-order chi connectivity index (χ0) is 9.52. The molecule has 0 spiro atoms. The monoisotopic (exact) mass is 179 g/mol. The maximum Gasteiger partial charge on any atom is 0.0968 e. The lowest BCUT2D eigenvalue weighted by Gasteiger charge is -2.18. The summed E-state index contributed by atoms with van der Waals surface area (Å²) in [6, 6.07) is 2.19. The van der Waals surface area contributed by atoms with Gasteiger partial charge in [0, 0.05) is 7.11 Å².